The number of rotatable bonds is 5. The van der Waals surface area contributed by atoms with Crippen LogP contribution in [0.15, 0.2) is 36.7 Å². The molecule has 0 radical (unpaired) electrons. The van der Waals surface area contributed by atoms with Gasteiger partial charge in [-0.3, -0.25) is 4.90 Å². The predicted octanol–water partition coefficient (Wildman–Crippen LogP) is 2.85. The van der Waals surface area contributed by atoms with Gasteiger partial charge in [-0.2, -0.15) is 0 Å². The summed E-state index contributed by atoms with van der Waals surface area (Å²) in [6, 6.07) is 6.24. The number of imidazole rings is 1. The van der Waals surface area contributed by atoms with Crippen molar-refractivity contribution in [1.29, 1.82) is 0 Å². The molecule has 5 heteroatoms. The van der Waals surface area contributed by atoms with Crippen molar-refractivity contribution < 1.29 is 9.13 Å². The Morgan fingerprint density at radius 3 is 2.86 bits per heavy atom. The lowest BCUT2D eigenvalue weighted by molar-refractivity contribution is 0.122. The van der Waals surface area contributed by atoms with Crippen LogP contribution < -0.4 is 4.74 Å². The van der Waals surface area contributed by atoms with Crippen molar-refractivity contribution >= 4 is 0 Å². The van der Waals surface area contributed by atoms with Crippen LogP contribution >= 0.6 is 0 Å². The predicted molar refractivity (Wildman–Crippen MR) is 83.1 cm³/mol. The Kier molecular flexibility index (Phi) is 4.73. The van der Waals surface area contributed by atoms with Crippen LogP contribution in [0, 0.1) is 11.7 Å². The van der Waals surface area contributed by atoms with Crippen LogP contribution in [-0.2, 0) is 13.6 Å². The zero-order chi connectivity index (χ0) is 15.4. The topological polar surface area (TPSA) is 30.3 Å². The van der Waals surface area contributed by atoms with Crippen molar-refractivity contribution in [3.05, 3.63) is 48.3 Å². The van der Waals surface area contributed by atoms with E-state index in [-0.39, 0.29) is 5.82 Å². The average Bonchev–Trinajstić information content (AvgIpc) is 2.92. The number of likely N-dealkylation sites (tertiary alicyclic amines) is 1. The molecule has 2 heterocycles. The van der Waals surface area contributed by atoms with E-state index in [0.29, 0.717) is 12.5 Å². The summed E-state index contributed by atoms with van der Waals surface area (Å²) in [5.41, 5.74) is 0. The van der Waals surface area contributed by atoms with Crippen LogP contribution in [0.2, 0.25) is 0 Å². The Morgan fingerprint density at radius 2 is 2.14 bits per heavy atom. The van der Waals surface area contributed by atoms with E-state index < -0.39 is 0 Å². The van der Waals surface area contributed by atoms with E-state index in [4.69, 9.17) is 4.74 Å². The van der Waals surface area contributed by atoms with Crippen LogP contribution in [0.1, 0.15) is 18.7 Å². The lowest BCUT2D eigenvalue weighted by Gasteiger charge is -2.32. The molecule has 1 fully saturated rings. The molecule has 1 aliphatic heterocycles. The summed E-state index contributed by atoms with van der Waals surface area (Å²) in [5.74, 6) is 2.12. The number of aromatic nitrogens is 2. The molecule has 0 amide bonds. The van der Waals surface area contributed by atoms with Crippen molar-refractivity contribution in [2.75, 3.05) is 19.7 Å². The minimum Gasteiger partial charge on any atom is -0.493 e. The van der Waals surface area contributed by atoms with Gasteiger partial charge in [0.2, 0.25) is 0 Å². The minimum absolute atomic E-state index is 0.230. The molecule has 4 nitrogen and oxygen atoms in total. The molecule has 1 aromatic heterocycles. The second-order valence-electron chi connectivity index (χ2n) is 5.96. The van der Waals surface area contributed by atoms with Gasteiger partial charge in [0.15, 0.2) is 0 Å². The molecule has 0 N–H and O–H groups in total. The second-order valence-corrected chi connectivity index (χ2v) is 5.96. The number of benzene rings is 1. The third kappa shape index (κ3) is 3.85. The molecule has 1 saturated heterocycles. The molecule has 118 valence electrons. The first-order chi connectivity index (χ1) is 10.7. The van der Waals surface area contributed by atoms with Crippen molar-refractivity contribution in [3.8, 4) is 5.75 Å². The summed E-state index contributed by atoms with van der Waals surface area (Å²) in [5, 5.41) is 0. The molecule has 3 rings (SSSR count). The summed E-state index contributed by atoms with van der Waals surface area (Å²) >= 11 is 0. The quantitative estimate of drug-likeness (QED) is 0.851. The molecule has 0 aliphatic carbocycles. The molecule has 0 saturated carbocycles. The highest BCUT2D eigenvalue weighted by Gasteiger charge is 2.21. The summed E-state index contributed by atoms with van der Waals surface area (Å²) in [6.45, 7) is 3.70. The number of nitrogens with zero attached hydrogens (tertiary/aromatic N) is 3. The van der Waals surface area contributed by atoms with Crippen LogP contribution in [-0.4, -0.2) is 34.1 Å². The minimum atomic E-state index is -0.230. The molecule has 1 aromatic carbocycles. The maximum Gasteiger partial charge on any atom is 0.123 e. The molecular formula is C17H22FN3O. The molecule has 1 unspecified atom stereocenters. The van der Waals surface area contributed by atoms with E-state index in [0.717, 1.165) is 31.2 Å². The third-order valence-corrected chi connectivity index (χ3v) is 4.19. The highest BCUT2D eigenvalue weighted by molar-refractivity contribution is 5.22. The van der Waals surface area contributed by atoms with E-state index in [1.165, 1.54) is 25.0 Å². The maximum absolute atomic E-state index is 12.9. The smallest absolute Gasteiger partial charge is 0.123 e. The van der Waals surface area contributed by atoms with E-state index in [2.05, 4.69) is 14.5 Å². The van der Waals surface area contributed by atoms with Gasteiger partial charge in [-0.05, 0) is 43.7 Å². The largest absolute Gasteiger partial charge is 0.493 e. The second kappa shape index (κ2) is 6.92. The van der Waals surface area contributed by atoms with Gasteiger partial charge < -0.3 is 9.30 Å². The molecule has 1 atom stereocenters. The van der Waals surface area contributed by atoms with Crippen molar-refractivity contribution in [2.45, 2.75) is 19.4 Å². The standard InChI is InChI=1S/C17H22FN3O/c1-20-10-8-19-17(20)12-21-9-2-3-14(11-21)13-22-16-6-4-15(18)5-7-16/h4-8,10,14H,2-3,9,11-13H2,1H3. The van der Waals surface area contributed by atoms with Gasteiger partial charge in [-0.1, -0.05) is 0 Å². The van der Waals surface area contributed by atoms with Crippen molar-refractivity contribution in [3.63, 3.8) is 0 Å². The van der Waals surface area contributed by atoms with E-state index in [1.807, 2.05) is 19.4 Å². The van der Waals surface area contributed by atoms with E-state index in [9.17, 15) is 4.39 Å². The zero-order valence-corrected chi connectivity index (χ0v) is 12.9. The van der Waals surface area contributed by atoms with Crippen LogP contribution in [0.25, 0.3) is 0 Å². The molecule has 0 bridgehead atoms. The van der Waals surface area contributed by atoms with Gasteiger partial charge in [-0.25, -0.2) is 9.37 Å². The Morgan fingerprint density at radius 1 is 1.32 bits per heavy atom. The monoisotopic (exact) mass is 303 g/mol. The van der Waals surface area contributed by atoms with Crippen LogP contribution in [0.3, 0.4) is 0 Å². The normalized spacial score (nSPS) is 19.3. The van der Waals surface area contributed by atoms with Gasteiger partial charge in [-0.15, -0.1) is 0 Å². The summed E-state index contributed by atoms with van der Waals surface area (Å²) in [7, 11) is 2.03. The van der Waals surface area contributed by atoms with Crippen LogP contribution in [0.5, 0.6) is 5.75 Å². The fourth-order valence-corrected chi connectivity index (χ4v) is 2.92. The maximum atomic E-state index is 12.9. The average molecular weight is 303 g/mol. The number of halogens is 1. The molecule has 22 heavy (non-hydrogen) atoms. The first-order valence-electron chi connectivity index (χ1n) is 7.77. The number of hydrogen-bond acceptors (Lipinski definition) is 3. The zero-order valence-electron chi connectivity index (χ0n) is 12.9. The molecule has 1 aliphatic rings. The first kappa shape index (κ1) is 15.0. The summed E-state index contributed by atoms with van der Waals surface area (Å²) in [4.78, 5) is 6.83. The van der Waals surface area contributed by atoms with Gasteiger partial charge in [0.25, 0.3) is 0 Å². The SMILES string of the molecule is Cn1ccnc1CN1CCCC(COc2ccc(F)cc2)C1. The highest BCUT2D eigenvalue weighted by atomic mass is 19.1. The van der Waals surface area contributed by atoms with Crippen LogP contribution in [0.4, 0.5) is 4.39 Å². The molecular weight excluding hydrogens is 281 g/mol. The molecule has 2 aromatic rings. The molecule has 0 spiro atoms. The highest BCUT2D eigenvalue weighted by Crippen LogP contribution is 2.20. The van der Waals surface area contributed by atoms with Gasteiger partial charge in [0.05, 0.1) is 13.2 Å². The summed E-state index contributed by atoms with van der Waals surface area (Å²) in [6.07, 6.45) is 6.18. The fourth-order valence-electron chi connectivity index (χ4n) is 2.92. The van der Waals surface area contributed by atoms with E-state index >= 15 is 0 Å². The Balaban J connectivity index is 1.50. The lowest BCUT2D eigenvalue weighted by atomic mass is 9.99. The number of piperidine rings is 1. The van der Waals surface area contributed by atoms with Gasteiger partial charge in [0, 0.05) is 31.9 Å². The third-order valence-electron chi connectivity index (χ3n) is 4.19. The number of hydrogen-bond donors (Lipinski definition) is 0. The Labute approximate surface area is 130 Å². The van der Waals surface area contributed by atoms with Crippen molar-refractivity contribution in [2.24, 2.45) is 13.0 Å². The van der Waals surface area contributed by atoms with Crippen molar-refractivity contribution in [1.82, 2.24) is 14.5 Å². The Hall–Kier alpha value is -1.88. The number of ether oxygens (including phenoxy) is 1. The van der Waals surface area contributed by atoms with E-state index in [1.54, 1.807) is 12.1 Å². The summed E-state index contributed by atoms with van der Waals surface area (Å²) < 4.78 is 20.7. The van der Waals surface area contributed by atoms with Gasteiger partial charge >= 0.3 is 0 Å². The first-order valence-corrected chi connectivity index (χ1v) is 7.77. The Bertz CT molecular complexity index is 596. The van der Waals surface area contributed by atoms with Gasteiger partial charge in [0.1, 0.15) is 17.4 Å². The fraction of sp³-hybridized carbons (Fsp3) is 0.471. The lowest BCUT2D eigenvalue weighted by Crippen LogP contribution is -2.37. The number of aryl methyl sites for hydroxylation is 1.